The van der Waals surface area contributed by atoms with E-state index in [9.17, 15) is 0 Å². The van der Waals surface area contributed by atoms with Crippen LogP contribution in [0.3, 0.4) is 0 Å². The molecule has 0 N–H and O–H groups in total. The second-order valence-corrected chi connectivity index (χ2v) is 3.89. The molecule has 0 aromatic heterocycles. The Morgan fingerprint density at radius 1 is 1.36 bits per heavy atom. The molecule has 0 aliphatic heterocycles. The van der Waals surface area contributed by atoms with E-state index in [1.54, 1.807) is 0 Å². The maximum atomic E-state index is 5.80. The van der Waals surface area contributed by atoms with Crippen molar-refractivity contribution < 1.29 is 4.74 Å². The van der Waals surface area contributed by atoms with E-state index in [0.29, 0.717) is 11.5 Å². The molecule has 0 aromatic rings. The zero-order valence-corrected chi connectivity index (χ0v) is 7.94. The molecule has 0 atom stereocenters. The van der Waals surface area contributed by atoms with E-state index in [1.165, 1.54) is 19.3 Å². The van der Waals surface area contributed by atoms with Gasteiger partial charge >= 0.3 is 0 Å². The molecule has 0 radical (unpaired) electrons. The van der Waals surface area contributed by atoms with Gasteiger partial charge in [-0.3, -0.25) is 0 Å². The van der Waals surface area contributed by atoms with Crippen LogP contribution in [-0.4, -0.2) is 18.1 Å². The molecular formula is C9H17ClO. The lowest BCUT2D eigenvalue weighted by molar-refractivity contribution is 0.00323. The van der Waals surface area contributed by atoms with Crippen LogP contribution in [0, 0.1) is 0 Å². The Morgan fingerprint density at radius 2 is 2.09 bits per heavy atom. The van der Waals surface area contributed by atoms with Crippen molar-refractivity contribution in [2.45, 2.75) is 50.5 Å². The lowest BCUT2D eigenvalue weighted by Crippen LogP contribution is -2.32. The average Bonchev–Trinajstić information content (AvgIpc) is 1.94. The predicted octanol–water partition coefficient (Wildman–Crippen LogP) is 2.96. The lowest BCUT2D eigenvalue weighted by Gasteiger charge is -2.30. The smallest absolute Gasteiger partial charge is 0.0603 e. The minimum Gasteiger partial charge on any atom is -0.378 e. The van der Waals surface area contributed by atoms with Gasteiger partial charge < -0.3 is 4.74 Å². The molecule has 0 bridgehead atoms. The third-order valence-corrected chi connectivity index (χ3v) is 2.50. The van der Waals surface area contributed by atoms with Crippen molar-refractivity contribution in [3.05, 3.63) is 0 Å². The van der Waals surface area contributed by atoms with Crippen LogP contribution in [0.5, 0.6) is 0 Å². The number of hydrogen-bond donors (Lipinski definition) is 0. The molecular weight excluding hydrogens is 160 g/mol. The first-order valence-corrected chi connectivity index (χ1v) is 5.02. The van der Waals surface area contributed by atoms with Crippen LogP contribution in [0.15, 0.2) is 0 Å². The van der Waals surface area contributed by atoms with Gasteiger partial charge in [0.15, 0.2) is 0 Å². The summed E-state index contributed by atoms with van der Waals surface area (Å²) < 4.78 is 5.57. The SMILES string of the molecule is CCCCCOC1CC(Cl)C1. The summed E-state index contributed by atoms with van der Waals surface area (Å²) in [6, 6.07) is 0. The molecule has 2 heteroatoms. The summed E-state index contributed by atoms with van der Waals surface area (Å²) in [7, 11) is 0. The van der Waals surface area contributed by atoms with E-state index in [1.807, 2.05) is 0 Å². The molecule has 1 rings (SSSR count). The molecule has 66 valence electrons. The first-order chi connectivity index (χ1) is 5.33. The fourth-order valence-corrected chi connectivity index (χ4v) is 1.64. The van der Waals surface area contributed by atoms with Gasteiger partial charge in [0.1, 0.15) is 0 Å². The second kappa shape index (κ2) is 5.00. The number of ether oxygens (including phenoxy) is 1. The van der Waals surface area contributed by atoms with Crippen molar-refractivity contribution in [2.75, 3.05) is 6.61 Å². The normalized spacial score (nSPS) is 30.0. The van der Waals surface area contributed by atoms with Crippen molar-refractivity contribution in [1.82, 2.24) is 0 Å². The van der Waals surface area contributed by atoms with Crippen LogP contribution in [-0.2, 0) is 4.74 Å². The van der Waals surface area contributed by atoms with E-state index in [-0.39, 0.29) is 0 Å². The van der Waals surface area contributed by atoms with Crippen LogP contribution in [0.1, 0.15) is 39.0 Å². The number of hydrogen-bond acceptors (Lipinski definition) is 1. The van der Waals surface area contributed by atoms with Gasteiger partial charge in [0.05, 0.1) is 6.10 Å². The largest absolute Gasteiger partial charge is 0.378 e. The van der Waals surface area contributed by atoms with Gasteiger partial charge in [0.25, 0.3) is 0 Å². The van der Waals surface area contributed by atoms with Crippen molar-refractivity contribution in [3.8, 4) is 0 Å². The summed E-state index contributed by atoms with van der Waals surface area (Å²) in [5.41, 5.74) is 0. The summed E-state index contributed by atoms with van der Waals surface area (Å²) >= 11 is 5.80. The predicted molar refractivity (Wildman–Crippen MR) is 48.1 cm³/mol. The topological polar surface area (TPSA) is 9.23 Å². The molecule has 0 spiro atoms. The Morgan fingerprint density at radius 3 is 2.64 bits per heavy atom. The van der Waals surface area contributed by atoms with E-state index < -0.39 is 0 Å². The van der Waals surface area contributed by atoms with Gasteiger partial charge in [-0.2, -0.15) is 0 Å². The molecule has 0 saturated heterocycles. The van der Waals surface area contributed by atoms with Crippen molar-refractivity contribution in [2.24, 2.45) is 0 Å². The first kappa shape index (κ1) is 9.34. The second-order valence-electron chi connectivity index (χ2n) is 3.27. The van der Waals surface area contributed by atoms with Crippen LogP contribution in [0.25, 0.3) is 0 Å². The summed E-state index contributed by atoms with van der Waals surface area (Å²) in [5, 5.41) is 0.395. The molecule has 0 aromatic carbocycles. The fraction of sp³-hybridized carbons (Fsp3) is 1.00. The van der Waals surface area contributed by atoms with Gasteiger partial charge in [-0.15, -0.1) is 11.6 Å². The highest BCUT2D eigenvalue weighted by atomic mass is 35.5. The average molecular weight is 177 g/mol. The van der Waals surface area contributed by atoms with Crippen LogP contribution in [0.2, 0.25) is 0 Å². The van der Waals surface area contributed by atoms with Crippen molar-refractivity contribution >= 4 is 11.6 Å². The Hall–Kier alpha value is 0.250. The number of rotatable bonds is 5. The van der Waals surface area contributed by atoms with E-state index in [2.05, 4.69) is 6.92 Å². The number of unbranched alkanes of at least 4 members (excludes halogenated alkanes) is 2. The highest BCUT2D eigenvalue weighted by Crippen LogP contribution is 2.28. The Kier molecular flexibility index (Phi) is 4.24. The van der Waals surface area contributed by atoms with Crippen LogP contribution in [0.4, 0.5) is 0 Å². The monoisotopic (exact) mass is 176 g/mol. The standard InChI is InChI=1S/C9H17ClO/c1-2-3-4-5-11-9-6-8(10)7-9/h8-9H,2-7H2,1H3. The Labute approximate surface area is 74.1 Å². The minimum atomic E-state index is 0.395. The molecule has 0 unspecified atom stereocenters. The maximum absolute atomic E-state index is 5.80. The van der Waals surface area contributed by atoms with E-state index >= 15 is 0 Å². The molecule has 1 aliphatic rings. The van der Waals surface area contributed by atoms with E-state index in [0.717, 1.165) is 19.4 Å². The lowest BCUT2D eigenvalue weighted by atomic mass is 9.95. The quantitative estimate of drug-likeness (QED) is 0.462. The summed E-state index contributed by atoms with van der Waals surface area (Å²) in [6.07, 6.45) is 6.37. The van der Waals surface area contributed by atoms with Gasteiger partial charge in [-0.1, -0.05) is 19.8 Å². The van der Waals surface area contributed by atoms with Gasteiger partial charge in [-0.05, 0) is 19.3 Å². The summed E-state index contributed by atoms with van der Waals surface area (Å²) in [6.45, 7) is 3.14. The van der Waals surface area contributed by atoms with Crippen LogP contribution >= 0.6 is 11.6 Å². The maximum Gasteiger partial charge on any atom is 0.0603 e. The van der Waals surface area contributed by atoms with Gasteiger partial charge in [-0.25, -0.2) is 0 Å². The third kappa shape index (κ3) is 3.44. The molecule has 1 nitrogen and oxygen atoms in total. The number of halogens is 1. The molecule has 11 heavy (non-hydrogen) atoms. The summed E-state index contributed by atoms with van der Waals surface area (Å²) in [5.74, 6) is 0. The Bertz CT molecular complexity index is 99.7. The zero-order chi connectivity index (χ0) is 8.10. The first-order valence-electron chi connectivity index (χ1n) is 4.58. The zero-order valence-electron chi connectivity index (χ0n) is 7.18. The molecule has 1 aliphatic carbocycles. The highest BCUT2D eigenvalue weighted by molar-refractivity contribution is 6.21. The van der Waals surface area contributed by atoms with E-state index in [4.69, 9.17) is 16.3 Å². The molecule has 1 fully saturated rings. The molecule has 0 amide bonds. The highest BCUT2D eigenvalue weighted by Gasteiger charge is 2.27. The van der Waals surface area contributed by atoms with Crippen molar-refractivity contribution in [3.63, 3.8) is 0 Å². The van der Waals surface area contributed by atoms with Crippen molar-refractivity contribution in [1.29, 1.82) is 0 Å². The van der Waals surface area contributed by atoms with Crippen LogP contribution < -0.4 is 0 Å². The minimum absolute atomic E-state index is 0.395. The van der Waals surface area contributed by atoms with Gasteiger partial charge in [0, 0.05) is 12.0 Å². The fourth-order valence-electron chi connectivity index (χ4n) is 1.24. The molecule has 0 heterocycles. The number of alkyl halides is 1. The Balaban J connectivity index is 1.81. The molecule has 1 saturated carbocycles. The third-order valence-electron chi connectivity index (χ3n) is 2.14. The summed E-state index contributed by atoms with van der Waals surface area (Å²) in [4.78, 5) is 0. The van der Waals surface area contributed by atoms with Gasteiger partial charge in [0.2, 0.25) is 0 Å².